The lowest BCUT2D eigenvalue weighted by Crippen LogP contribution is -2.37. The van der Waals surface area contributed by atoms with Gasteiger partial charge < -0.3 is 25.6 Å². The first kappa shape index (κ1) is 13.6. The van der Waals surface area contributed by atoms with Crippen molar-refractivity contribution in [3.8, 4) is 0 Å². The Labute approximate surface area is 101 Å². The molecule has 18 heavy (non-hydrogen) atoms. The molecule has 0 spiro atoms. The molecule has 0 unspecified atom stereocenters. The Balaban J connectivity index is 2.74. The summed E-state index contributed by atoms with van der Waals surface area (Å²) in [6.45, 7) is -0.479. The summed E-state index contributed by atoms with van der Waals surface area (Å²) in [4.78, 5) is 31.8. The fourth-order valence-electron chi connectivity index (χ4n) is 1.28. The van der Waals surface area contributed by atoms with Crippen LogP contribution in [0.3, 0.4) is 0 Å². The zero-order valence-electron chi connectivity index (χ0n) is 9.36. The van der Waals surface area contributed by atoms with Crippen LogP contribution in [0.1, 0.15) is 10.5 Å². The number of aliphatic hydroxyl groups excluding tert-OH is 1. The number of hydrogen-bond acceptors (Lipinski definition) is 5. The van der Waals surface area contributed by atoms with Gasteiger partial charge in [-0.15, -0.1) is 0 Å². The summed E-state index contributed by atoms with van der Waals surface area (Å²) in [5.41, 5.74) is -0.000659. The van der Waals surface area contributed by atoms with Crippen molar-refractivity contribution in [2.75, 3.05) is 6.54 Å². The third kappa shape index (κ3) is 2.83. The second-order valence-electron chi connectivity index (χ2n) is 3.46. The van der Waals surface area contributed by atoms with E-state index in [0.717, 1.165) is 10.6 Å². The van der Waals surface area contributed by atoms with Crippen molar-refractivity contribution in [2.24, 2.45) is 7.05 Å². The van der Waals surface area contributed by atoms with Crippen LogP contribution in [0.5, 0.6) is 0 Å². The molecule has 0 aliphatic heterocycles. The summed E-state index contributed by atoms with van der Waals surface area (Å²) in [5, 5.41) is 30.1. The van der Waals surface area contributed by atoms with E-state index < -0.39 is 29.4 Å². The molecule has 0 saturated carbocycles. The molecule has 1 amide bonds. The Hall–Kier alpha value is -2.42. The van der Waals surface area contributed by atoms with E-state index in [2.05, 4.69) is 5.32 Å². The van der Waals surface area contributed by atoms with Gasteiger partial charge >= 0.3 is 11.8 Å². The predicted molar refractivity (Wildman–Crippen MR) is 58.0 cm³/mol. The molecule has 1 aromatic rings. The Morgan fingerprint density at radius 1 is 1.56 bits per heavy atom. The fourth-order valence-corrected chi connectivity index (χ4v) is 1.28. The number of rotatable bonds is 5. The zero-order valence-corrected chi connectivity index (χ0v) is 9.36. The average Bonchev–Trinajstić information content (AvgIpc) is 2.67. The Bertz CT molecular complexity index is 494. The summed E-state index contributed by atoms with van der Waals surface area (Å²) >= 11 is 0. The van der Waals surface area contributed by atoms with Gasteiger partial charge in [0.2, 0.25) is 0 Å². The molecule has 9 heteroatoms. The molecule has 98 valence electrons. The molecule has 1 rings (SSSR count). The van der Waals surface area contributed by atoms with E-state index >= 15 is 0 Å². The maximum atomic E-state index is 11.6. The van der Waals surface area contributed by atoms with Crippen LogP contribution in [0.25, 0.3) is 0 Å². The van der Waals surface area contributed by atoms with Gasteiger partial charge in [0, 0.05) is 6.07 Å². The molecular formula is C9H11N3O6. The number of amides is 1. The lowest BCUT2D eigenvalue weighted by atomic mass is 10.3. The maximum Gasteiger partial charge on any atom is 0.334 e. The molecule has 0 aliphatic rings. The van der Waals surface area contributed by atoms with E-state index in [4.69, 9.17) is 10.2 Å². The number of aliphatic carboxylic acids is 1. The van der Waals surface area contributed by atoms with Crippen LogP contribution >= 0.6 is 0 Å². The smallest absolute Gasteiger partial charge is 0.334 e. The molecule has 0 saturated heterocycles. The molecule has 3 N–H and O–H groups in total. The van der Waals surface area contributed by atoms with Gasteiger partial charge in [-0.05, 0) is 11.0 Å². The normalized spacial score (nSPS) is 11.9. The number of nitrogens with one attached hydrogen (secondary N) is 1. The van der Waals surface area contributed by atoms with Crippen LogP contribution in [0, 0.1) is 10.1 Å². The second kappa shape index (κ2) is 5.27. The quantitative estimate of drug-likeness (QED) is 0.462. The number of aromatic nitrogens is 1. The minimum absolute atomic E-state index is 0.000659. The molecule has 0 aliphatic carbocycles. The Kier molecular flexibility index (Phi) is 4.00. The fraction of sp³-hybridized carbons (Fsp3) is 0.333. The lowest BCUT2D eigenvalue weighted by molar-refractivity contribution is -0.391. The van der Waals surface area contributed by atoms with Crippen molar-refractivity contribution in [3.05, 3.63) is 27.9 Å². The number of nitro groups is 1. The number of nitrogens with zero attached hydrogens (tertiary/aromatic N) is 2. The van der Waals surface area contributed by atoms with Gasteiger partial charge in [-0.3, -0.25) is 4.79 Å². The van der Waals surface area contributed by atoms with Crippen molar-refractivity contribution in [2.45, 2.75) is 6.10 Å². The summed E-state index contributed by atoms with van der Waals surface area (Å²) in [6.07, 6.45) is -1.72. The third-order valence-electron chi connectivity index (χ3n) is 2.26. The van der Waals surface area contributed by atoms with Gasteiger partial charge in [-0.1, -0.05) is 0 Å². The summed E-state index contributed by atoms with van der Waals surface area (Å²) < 4.78 is 1.06. The number of hydrogen-bond donors (Lipinski definition) is 3. The Morgan fingerprint density at radius 2 is 2.17 bits per heavy atom. The van der Waals surface area contributed by atoms with Gasteiger partial charge in [0.1, 0.15) is 0 Å². The minimum Gasteiger partial charge on any atom is -0.479 e. The number of carboxylic acid groups (broad SMARTS) is 1. The number of carboxylic acids is 1. The molecule has 0 aromatic carbocycles. The molecule has 9 nitrogen and oxygen atoms in total. The van der Waals surface area contributed by atoms with Crippen LogP contribution < -0.4 is 5.32 Å². The molecule has 0 bridgehead atoms. The predicted octanol–water partition coefficient (Wildman–Crippen LogP) is -0.891. The first-order valence-corrected chi connectivity index (χ1v) is 4.83. The lowest BCUT2D eigenvalue weighted by Gasteiger charge is -2.06. The van der Waals surface area contributed by atoms with Crippen LogP contribution in [-0.2, 0) is 11.8 Å². The van der Waals surface area contributed by atoms with E-state index in [1.807, 2.05) is 0 Å². The zero-order chi connectivity index (χ0) is 13.9. The topological polar surface area (TPSA) is 135 Å². The molecule has 1 atom stereocenters. The average molecular weight is 257 g/mol. The van der Waals surface area contributed by atoms with Crippen molar-refractivity contribution >= 4 is 17.7 Å². The highest BCUT2D eigenvalue weighted by Crippen LogP contribution is 2.14. The number of aliphatic hydroxyl groups is 1. The van der Waals surface area contributed by atoms with E-state index in [9.17, 15) is 19.7 Å². The number of carbonyl (C=O) groups is 2. The standard InChI is InChI=1S/C9H11N3O6/c1-11-5(2-3-7(11)12(17)18)8(14)10-4-6(13)9(15)16/h2-3,6,13H,4H2,1H3,(H,10,14)(H,15,16)/t6-/m0/s1. The molecule has 1 heterocycles. The van der Waals surface area contributed by atoms with Crippen LogP contribution in [0.15, 0.2) is 12.1 Å². The maximum absolute atomic E-state index is 11.6. The first-order chi connectivity index (χ1) is 8.34. The third-order valence-corrected chi connectivity index (χ3v) is 2.26. The van der Waals surface area contributed by atoms with Gasteiger partial charge in [-0.25, -0.2) is 9.36 Å². The van der Waals surface area contributed by atoms with E-state index in [1.165, 1.54) is 13.1 Å². The minimum atomic E-state index is -1.72. The van der Waals surface area contributed by atoms with Gasteiger partial charge in [0.15, 0.2) is 11.8 Å². The molecule has 0 radical (unpaired) electrons. The highest BCUT2D eigenvalue weighted by molar-refractivity contribution is 5.93. The van der Waals surface area contributed by atoms with Crippen molar-refractivity contribution in [3.63, 3.8) is 0 Å². The molecular weight excluding hydrogens is 246 g/mol. The Morgan fingerprint density at radius 3 is 2.61 bits per heavy atom. The second-order valence-corrected chi connectivity index (χ2v) is 3.46. The highest BCUT2D eigenvalue weighted by atomic mass is 16.6. The van der Waals surface area contributed by atoms with E-state index in [1.54, 1.807) is 0 Å². The largest absolute Gasteiger partial charge is 0.479 e. The first-order valence-electron chi connectivity index (χ1n) is 4.83. The van der Waals surface area contributed by atoms with Crippen molar-refractivity contribution in [1.29, 1.82) is 0 Å². The van der Waals surface area contributed by atoms with Gasteiger partial charge in [0.25, 0.3) is 5.91 Å². The van der Waals surface area contributed by atoms with E-state index in [-0.39, 0.29) is 11.5 Å². The monoisotopic (exact) mass is 257 g/mol. The summed E-state index contributed by atoms with van der Waals surface area (Å²) in [7, 11) is 1.33. The van der Waals surface area contributed by atoms with Gasteiger partial charge in [-0.2, -0.15) is 0 Å². The van der Waals surface area contributed by atoms with E-state index in [0.29, 0.717) is 0 Å². The summed E-state index contributed by atoms with van der Waals surface area (Å²) in [5.74, 6) is -2.43. The highest BCUT2D eigenvalue weighted by Gasteiger charge is 2.22. The van der Waals surface area contributed by atoms with Crippen molar-refractivity contribution in [1.82, 2.24) is 9.88 Å². The van der Waals surface area contributed by atoms with Crippen LogP contribution in [0.2, 0.25) is 0 Å². The van der Waals surface area contributed by atoms with Crippen LogP contribution in [0.4, 0.5) is 5.82 Å². The van der Waals surface area contributed by atoms with Crippen LogP contribution in [-0.4, -0.2) is 44.2 Å². The SMILES string of the molecule is Cn1c(C(=O)NC[C@H](O)C(=O)O)ccc1[N+](=O)[O-]. The summed E-state index contributed by atoms with van der Waals surface area (Å²) in [6, 6.07) is 2.39. The number of carbonyl (C=O) groups excluding carboxylic acids is 1. The van der Waals surface area contributed by atoms with Gasteiger partial charge in [0.05, 0.1) is 13.6 Å². The molecule has 0 fully saturated rings. The molecule has 1 aromatic heterocycles. The van der Waals surface area contributed by atoms with Crippen molar-refractivity contribution < 1.29 is 24.7 Å².